The van der Waals surface area contributed by atoms with E-state index in [1.807, 2.05) is 12.1 Å². The molecule has 0 aliphatic rings. The summed E-state index contributed by atoms with van der Waals surface area (Å²) in [5.74, 6) is 0. The Kier molecular flexibility index (Phi) is 3.24. The van der Waals surface area contributed by atoms with Gasteiger partial charge in [-0.2, -0.15) is 0 Å². The number of hydrogen-bond donors (Lipinski definition) is 0. The average molecular weight is 225 g/mol. The maximum absolute atomic E-state index is 12.2. The van der Waals surface area contributed by atoms with Crippen molar-refractivity contribution in [2.24, 2.45) is 0 Å². The van der Waals surface area contributed by atoms with Crippen LogP contribution in [0.1, 0.15) is 26.3 Å². The molecule has 0 saturated heterocycles. The van der Waals surface area contributed by atoms with Crippen molar-refractivity contribution in [1.82, 2.24) is 0 Å². The summed E-state index contributed by atoms with van der Waals surface area (Å²) >= 11 is 0. The molecule has 1 radical (unpaired) electrons. The Morgan fingerprint density at radius 1 is 1.20 bits per heavy atom. The highest BCUT2D eigenvalue weighted by molar-refractivity contribution is 7.92. The van der Waals surface area contributed by atoms with E-state index in [-0.39, 0.29) is 0 Å². The molecule has 0 fully saturated rings. The Bertz CT molecular complexity index is 439. The normalized spacial score (nSPS) is 12.8. The summed E-state index contributed by atoms with van der Waals surface area (Å²) in [5.41, 5.74) is 0.785. The van der Waals surface area contributed by atoms with E-state index in [2.05, 4.69) is 6.92 Å². The van der Waals surface area contributed by atoms with Gasteiger partial charge in [0.05, 0.1) is 9.64 Å². The predicted octanol–water partition coefficient (Wildman–Crippen LogP) is 2.64. The summed E-state index contributed by atoms with van der Waals surface area (Å²) in [5, 5.41) is 0. The zero-order chi connectivity index (χ0) is 11.7. The van der Waals surface area contributed by atoms with Crippen molar-refractivity contribution in [2.45, 2.75) is 36.8 Å². The van der Waals surface area contributed by atoms with Crippen molar-refractivity contribution in [3.8, 4) is 0 Å². The minimum Gasteiger partial charge on any atom is -0.223 e. The van der Waals surface area contributed by atoms with Gasteiger partial charge in [-0.1, -0.05) is 18.2 Å². The van der Waals surface area contributed by atoms with E-state index in [0.29, 0.717) is 11.3 Å². The Morgan fingerprint density at radius 2 is 1.73 bits per heavy atom. The van der Waals surface area contributed by atoms with Gasteiger partial charge in [-0.3, -0.25) is 0 Å². The smallest absolute Gasteiger partial charge is 0.183 e. The van der Waals surface area contributed by atoms with Crippen molar-refractivity contribution >= 4 is 9.84 Å². The lowest BCUT2D eigenvalue weighted by atomic mass is 10.2. The number of hydrogen-bond acceptors (Lipinski definition) is 2. The van der Waals surface area contributed by atoms with E-state index in [1.54, 1.807) is 32.9 Å². The summed E-state index contributed by atoms with van der Waals surface area (Å²) in [4.78, 5) is 0.410. The predicted molar refractivity (Wildman–Crippen MR) is 62.4 cm³/mol. The second-order valence-corrected chi connectivity index (χ2v) is 7.14. The molecule has 3 heteroatoms. The van der Waals surface area contributed by atoms with Gasteiger partial charge in [-0.25, -0.2) is 8.42 Å². The van der Waals surface area contributed by atoms with Crippen molar-refractivity contribution in [1.29, 1.82) is 0 Å². The molecule has 1 rings (SSSR count). The summed E-state index contributed by atoms with van der Waals surface area (Å²) in [6, 6.07) is 7.05. The third-order valence-electron chi connectivity index (χ3n) is 2.34. The molecule has 0 bridgehead atoms. The molecule has 0 aromatic heterocycles. The van der Waals surface area contributed by atoms with E-state index >= 15 is 0 Å². The van der Waals surface area contributed by atoms with E-state index in [1.165, 1.54) is 0 Å². The van der Waals surface area contributed by atoms with Crippen molar-refractivity contribution in [2.75, 3.05) is 0 Å². The van der Waals surface area contributed by atoms with E-state index < -0.39 is 14.6 Å². The summed E-state index contributed by atoms with van der Waals surface area (Å²) in [6.45, 7) is 8.88. The molecular weight excluding hydrogens is 208 g/mol. The van der Waals surface area contributed by atoms with Crippen LogP contribution in [0.25, 0.3) is 0 Å². The molecule has 0 spiro atoms. The third kappa shape index (κ3) is 2.23. The van der Waals surface area contributed by atoms with Gasteiger partial charge in [0.2, 0.25) is 0 Å². The zero-order valence-electron chi connectivity index (χ0n) is 9.45. The van der Waals surface area contributed by atoms with Crippen LogP contribution in [-0.4, -0.2) is 13.2 Å². The average Bonchev–Trinajstić information content (AvgIpc) is 2.16. The van der Waals surface area contributed by atoms with Crippen LogP contribution in [-0.2, 0) is 16.3 Å². The Balaban J connectivity index is 3.41. The second-order valence-electron chi connectivity index (χ2n) is 4.47. The number of rotatable bonds is 2. The Morgan fingerprint density at radius 3 is 2.20 bits per heavy atom. The van der Waals surface area contributed by atoms with Crippen LogP contribution in [0.3, 0.4) is 0 Å². The highest BCUT2D eigenvalue weighted by Crippen LogP contribution is 2.27. The first-order valence-electron chi connectivity index (χ1n) is 4.92. The van der Waals surface area contributed by atoms with Crippen LogP contribution >= 0.6 is 0 Å². The number of sulfone groups is 1. The lowest BCUT2D eigenvalue weighted by Gasteiger charge is -2.21. The molecular formula is C12H17O2S. The van der Waals surface area contributed by atoms with Crippen LogP contribution in [0.4, 0.5) is 0 Å². The van der Waals surface area contributed by atoms with Crippen molar-refractivity contribution < 1.29 is 8.42 Å². The first kappa shape index (κ1) is 12.2. The largest absolute Gasteiger partial charge is 0.223 e. The topological polar surface area (TPSA) is 34.1 Å². The zero-order valence-corrected chi connectivity index (χ0v) is 10.3. The fraction of sp³-hybridized carbons (Fsp3) is 0.417. The highest BCUT2D eigenvalue weighted by atomic mass is 32.2. The first-order valence-corrected chi connectivity index (χ1v) is 6.41. The van der Waals surface area contributed by atoms with E-state index in [4.69, 9.17) is 0 Å². The summed E-state index contributed by atoms with van der Waals surface area (Å²) < 4.78 is 23.6. The van der Waals surface area contributed by atoms with Crippen LogP contribution < -0.4 is 0 Å². The fourth-order valence-electron chi connectivity index (χ4n) is 1.30. The van der Waals surface area contributed by atoms with Crippen molar-refractivity contribution in [3.63, 3.8) is 0 Å². The number of benzene rings is 1. The minimum absolute atomic E-state index is 0.410. The van der Waals surface area contributed by atoms with E-state index in [0.717, 1.165) is 5.56 Å². The highest BCUT2D eigenvalue weighted by Gasteiger charge is 2.31. The molecule has 15 heavy (non-hydrogen) atoms. The molecule has 0 amide bonds. The van der Waals surface area contributed by atoms with Gasteiger partial charge in [-0.05, 0) is 45.7 Å². The first-order chi connectivity index (χ1) is 6.80. The SMILES string of the molecule is [CH2]Cc1ccccc1S(=O)(=O)C(C)(C)C. The molecule has 1 aromatic carbocycles. The summed E-state index contributed by atoms with van der Waals surface area (Å²) in [6.07, 6.45) is 0.492. The van der Waals surface area contributed by atoms with E-state index in [9.17, 15) is 8.42 Å². The van der Waals surface area contributed by atoms with Gasteiger partial charge in [-0.15, -0.1) is 0 Å². The molecule has 0 aliphatic carbocycles. The molecule has 1 aromatic rings. The molecule has 0 aliphatic heterocycles. The molecule has 83 valence electrons. The molecule has 0 unspecified atom stereocenters. The van der Waals surface area contributed by atoms with Gasteiger partial charge < -0.3 is 0 Å². The standard InChI is InChI=1S/C12H17O2S/c1-5-10-8-6-7-9-11(10)15(13,14)12(2,3)4/h6-9H,1,5H2,2-4H3. The maximum atomic E-state index is 12.2. The van der Waals surface area contributed by atoms with Crippen molar-refractivity contribution in [3.05, 3.63) is 36.8 Å². The fourth-order valence-corrected chi connectivity index (χ4v) is 2.74. The Hall–Kier alpha value is -0.830. The van der Waals surface area contributed by atoms with Gasteiger partial charge >= 0.3 is 0 Å². The lowest BCUT2D eigenvalue weighted by molar-refractivity contribution is 0.559. The van der Waals surface area contributed by atoms with Crippen LogP contribution in [0.15, 0.2) is 29.2 Å². The monoisotopic (exact) mass is 225 g/mol. The third-order valence-corrected chi connectivity index (χ3v) is 4.93. The van der Waals surface area contributed by atoms with Gasteiger partial charge in [0.1, 0.15) is 0 Å². The second kappa shape index (κ2) is 3.97. The molecule has 0 N–H and O–H groups in total. The Labute approximate surface area is 92.2 Å². The molecule has 0 saturated carbocycles. The molecule has 0 heterocycles. The molecule has 2 nitrogen and oxygen atoms in total. The van der Waals surface area contributed by atoms with Crippen LogP contribution in [0.5, 0.6) is 0 Å². The van der Waals surface area contributed by atoms with Gasteiger partial charge in [0.25, 0.3) is 0 Å². The lowest BCUT2D eigenvalue weighted by Crippen LogP contribution is -2.28. The molecule has 0 atom stereocenters. The van der Waals surface area contributed by atoms with Gasteiger partial charge in [0.15, 0.2) is 9.84 Å². The van der Waals surface area contributed by atoms with Gasteiger partial charge in [0, 0.05) is 0 Å². The van der Waals surface area contributed by atoms with Crippen LogP contribution in [0.2, 0.25) is 0 Å². The summed E-state index contributed by atoms with van der Waals surface area (Å²) in [7, 11) is -3.26. The minimum atomic E-state index is -3.26. The quantitative estimate of drug-likeness (QED) is 0.775. The van der Waals surface area contributed by atoms with Crippen LogP contribution in [0, 0.1) is 6.92 Å². The maximum Gasteiger partial charge on any atom is 0.183 e.